The van der Waals surface area contributed by atoms with Gasteiger partial charge in [-0.05, 0) is 12.1 Å². The number of fused-ring (bicyclic) bond motifs is 8. The number of ether oxygens (including phenoxy) is 2. The van der Waals surface area contributed by atoms with E-state index in [-0.39, 0.29) is 35.3 Å². The van der Waals surface area contributed by atoms with Gasteiger partial charge in [0, 0.05) is 34.7 Å². The first-order chi connectivity index (χ1) is 16.8. The molecule has 2 saturated heterocycles. The van der Waals surface area contributed by atoms with E-state index in [4.69, 9.17) is 14.5 Å². The van der Waals surface area contributed by atoms with Gasteiger partial charge >= 0.3 is 6.03 Å². The number of rotatable bonds is 2. The molecule has 0 aromatic heterocycles. The number of aromatic nitrogens is 2. The smallest absolute Gasteiger partial charge is 0.350 e. The van der Waals surface area contributed by atoms with E-state index in [0.29, 0.717) is 32.6 Å². The molecule has 2 bridgehead atoms. The van der Waals surface area contributed by atoms with Crippen LogP contribution in [0, 0.1) is 30.9 Å². The number of nitrogens with zero attached hydrogens (tertiary/aromatic N) is 5. The normalized spacial score (nSPS) is 25.5. The largest absolute Gasteiger partial charge is 0.390 e. The van der Waals surface area contributed by atoms with E-state index in [1.54, 1.807) is 0 Å². The highest BCUT2D eigenvalue weighted by molar-refractivity contribution is 6.18. The predicted molar refractivity (Wildman–Crippen MR) is 114 cm³/mol. The number of nitro groups is 2. The molecule has 14 heteroatoms. The number of non-ortho nitro benzene ring substituents is 2. The van der Waals surface area contributed by atoms with Gasteiger partial charge in [-0.25, -0.2) is 9.78 Å². The van der Waals surface area contributed by atoms with E-state index in [1.807, 2.05) is 0 Å². The summed E-state index contributed by atoms with van der Waals surface area (Å²) in [6, 6.07) is 4.82. The van der Waals surface area contributed by atoms with Crippen molar-refractivity contribution < 1.29 is 29.2 Å². The fourth-order valence-electron chi connectivity index (χ4n) is 5.33. The maximum Gasteiger partial charge on any atom is 0.350 e. The number of benzene rings is 2. The summed E-state index contributed by atoms with van der Waals surface area (Å²) >= 11 is 0. The Labute approximate surface area is 192 Å². The highest BCUT2D eigenvalue weighted by Gasteiger charge is 2.48. The van der Waals surface area contributed by atoms with Gasteiger partial charge in [-0.15, -0.1) is 0 Å². The van der Waals surface area contributed by atoms with Crippen LogP contribution in [0.25, 0.3) is 21.5 Å². The minimum Gasteiger partial charge on any atom is -0.390 e. The van der Waals surface area contributed by atoms with Crippen molar-refractivity contribution in [2.75, 3.05) is 6.61 Å². The Morgan fingerprint density at radius 1 is 1.09 bits per heavy atom. The second-order valence-electron chi connectivity index (χ2n) is 8.64. The standard InChI is InChI=1S/C21H14N6O8/c28-11-5-13-25-20(34-6-12(11)35-13)18-19(24-21(25)29)23-17-8-2-4-10(27(32)33)15-9(26(30)31)3-1-7(14(8)15)16(17)22-18/h1-4,11-13,20,28H,5-6H2,(H,23,24,29)/t11-,12+,13+,20-/m0/s1. The maximum atomic E-state index is 12.9. The quantitative estimate of drug-likeness (QED) is 0.318. The Kier molecular flexibility index (Phi) is 3.83. The lowest BCUT2D eigenvalue weighted by molar-refractivity contribution is -0.390. The Morgan fingerprint density at radius 3 is 2.51 bits per heavy atom. The van der Waals surface area contributed by atoms with E-state index in [2.05, 4.69) is 9.98 Å². The van der Waals surface area contributed by atoms with E-state index >= 15 is 0 Å². The lowest BCUT2D eigenvalue weighted by atomic mass is 10.0. The SMILES string of the molecule is O=C1N=c2[nH]c3c4ccc([N+](=O)[O-])c5c([N+](=O)[O-])ccc(c=3nc2[C@@H]2OC[C@H]3O[C@H](C[C@@H]3O)N12)c54. The van der Waals surface area contributed by atoms with E-state index in [0.717, 1.165) is 0 Å². The summed E-state index contributed by atoms with van der Waals surface area (Å²) in [5, 5.41) is 35.5. The van der Waals surface area contributed by atoms with Crippen molar-refractivity contribution in [1.29, 1.82) is 0 Å². The third-order valence-corrected chi connectivity index (χ3v) is 6.84. The van der Waals surface area contributed by atoms with Gasteiger partial charge in [0.05, 0.1) is 33.3 Å². The number of hydrogen-bond acceptors (Lipinski definition) is 9. The van der Waals surface area contributed by atoms with Crippen LogP contribution in [0.5, 0.6) is 0 Å². The van der Waals surface area contributed by atoms with Gasteiger partial charge in [0.2, 0.25) is 0 Å². The summed E-state index contributed by atoms with van der Waals surface area (Å²) in [5.41, 5.74) is -0.315. The monoisotopic (exact) mass is 478 g/mol. The van der Waals surface area contributed by atoms with Crippen molar-refractivity contribution in [3.63, 3.8) is 0 Å². The zero-order chi connectivity index (χ0) is 24.2. The minimum absolute atomic E-state index is 0.0402. The first kappa shape index (κ1) is 20.1. The first-order valence-electron chi connectivity index (χ1n) is 10.7. The van der Waals surface area contributed by atoms with Gasteiger partial charge in [0.15, 0.2) is 11.7 Å². The molecular weight excluding hydrogens is 464 g/mol. The number of urea groups is 1. The minimum atomic E-state index is -0.925. The Bertz CT molecular complexity index is 1730. The molecule has 14 nitrogen and oxygen atoms in total. The van der Waals surface area contributed by atoms with Gasteiger partial charge in [-0.2, -0.15) is 4.99 Å². The van der Waals surface area contributed by atoms with Crippen molar-refractivity contribution in [3.8, 4) is 0 Å². The van der Waals surface area contributed by atoms with Crippen molar-refractivity contribution in [1.82, 2.24) is 14.9 Å². The Morgan fingerprint density at radius 2 is 1.80 bits per heavy atom. The summed E-state index contributed by atoms with van der Waals surface area (Å²) in [4.78, 5) is 48.2. The van der Waals surface area contributed by atoms with Crippen LogP contribution in [-0.2, 0) is 9.47 Å². The molecule has 2 amide bonds. The number of nitro benzene ring substituents is 2. The summed E-state index contributed by atoms with van der Waals surface area (Å²) < 4.78 is 11.7. The predicted octanol–water partition coefficient (Wildman–Crippen LogP) is 1.54. The molecule has 4 heterocycles. The number of H-pyrrole nitrogens is 1. The van der Waals surface area contributed by atoms with Gasteiger partial charge in [0.1, 0.15) is 23.4 Å². The number of carbonyl (C=O) groups excluding carboxylic acids is 1. The van der Waals surface area contributed by atoms with Crippen molar-refractivity contribution in [2.24, 2.45) is 4.99 Å². The third-order valence-electron chi connectivity index (χ3n) is 6.84. The molecular formula is C21H14N6O8. The molecule has 0 saturated carbocycles. The van der Waals surface area contributed by atoms with Crippen LogP contribution in [0.1, 0.15) is 18.3 Å². The second kappa shape index (κ2) is 6.65. The summed E-state index contributed by atoms with van der Waals surface area (Å²) in [6.07, 6.45) is -2.79. The summed E-state index contributed by atoms with van der Waals surface area (Å²) in [6.45, 7) is 0.0402. The third kappa shape index (κ3) is 2.55. The number of carbonyl (C=O) groups is 1. The molecule has 35 heavy (non-hydrogen) atoms. The number of nitrogens with one attached hydrogen (secondary N) is 1. The topological polar surface area (TPSA) is 186 Å². The van der Waals surface area contributed by atoms with Crippen LogP contribution < -0.4 is 5.49 Å². The fourth-order valence-corrected chi connectivity index (χ4v) is 5.33. The van der Waals surface area contributed by atoms with Crippen LogP contribution in [0.3, 0.4) is 0 Å². The molecule has 2 N–H and O–H groups in total. The van der Waals surface area contributed by atoms with Crippen molar-refractivity contribution in [3.05, 3.63) is 66.4 Å². The average molecular weight is 478 g/mol. The molecule has 5 aliphatic rings. The molecule has 0 unspecified atom stereocenters. The molecule has 1 aliphatic carbocycles. The summed E-state index contributed by atoms with van der Waals surface area (Å²) in [5.74, 6) is 0. The lowest BCUT2D eigenvalue weighted by Crippen LogP contribution is -2.48. The van der Waals surface area contributed by atoms with Gasteiger partial charge in [-0.3, -0.25) is 25.1 Å². The number of amides is 2. The number of aliphatic hydroxyl groups excluding tert-OH is 1. The van der Waals surface area contributed by atoms with Crippen LogP contribution in [0.15, 0.2) is 29.3 Å². The number of aliphatic hydroxyl groups is 1. The molecule has 0 spiro atoms. The average Bonchev–Trinajstić information content (AvgIpc) is 3.25. The molecule has 2 fully saturated rings. The van der Waals surface area contributed by atoms with Gasteiger partial charge in [0.25, 0.3) is 11.4 Å². The zero-order valence-electron chi connectivity index (χ0n) is 17.6. The first-order valence-corrected chi connectivity index (χ1v) is 10.7. The zero-order valence-corrected chi connectivity index (χ0v) is 17.6. The number of hydrogen-bond donors (Lipinski definition) is 2. The molecule has 2 aromatic rings. The highest BCUT2D eigenvalue weighted by atomic mass is 16.6. The van der Waals surface area contributed by atoms with Crippen LogP contribution >= 0.6 is 0 Å². The van der Waals surface area contributed by atoms with Gasteiger partial charge < -0.3 is 19.6 Å². The second-order valence-corrected chi connectivity index (χ2v) is 8.64. The molecule has 176 valence electrons. The van der Waals surface area contributed by atoms with Crippen molar-refractivity contribution in [2.45, 2.75) is 31.1 Å². The van der Waals surface area contributed by atoms with Crippen LogP contribution in [0.2, 0.25) is 0 Å². The highest BCUT2D eigenvalue weighted by Crippen LogP contribution is 2.42. The maximum absolute atomic E-state index is 12.9. The van der Waals surface area contributed by atoms with E-state index < -0.39 is 40.5 Å². The van der Waals surface area contributed by atoms with Crippen LogP contribution in [-0.4, -0.2) is 60.9 Å². The van der Waals surface area contributed by atoms with Crippen LogP contribution in [0.4, 0.5) is 16.2 Å². The molecule has 4 aliphatic heterocycles. The lowest BCUT2D eigenvalue weighted by Gasteiger charge is -2.34. The molecule has 0 radical (unpaired) electrons. The molecule has 7 rings (SSSR count). The van der Waals surface area contributed by atoms with Gasteiger partial charge in [-0.1, -0.05) is 0 Å². The fraction of sp³-hybridized carbons (Fsp3) is 0.286. The van der Waals surface area contributed by atoms with E-state index in [9.17, 15) is 30.1 Å². The van der Waals surface area contributed by atoms with E-state index in [1.165, 1.54) is 29.2 Å². The Balaban J connectivity index is 1.54. The summed E-state index contributed by atoms with van der Waals surface area (Å²) in [7, 11) is 0. The number of aromatic amines is 1. The molecule has 2 aromatic carbocycles. The molecule has 4 atom stereocenters. The van der Waals surface area contributed by atoms with Crippen molar-refractivity contribution >= 4 is 39.0 Å². The Hall–Kier alpha value is -4.27.